The van der Waals surface area contributed by atoms with E-state index in [4.69, 9.17) is 15.9 Å². The molecule has 2 unspecified atom stereocenters. The molecule has 1 saturated heterocycles. The number of nitrogens with one attached hydrogen (secondary N) is 1. The zero-order valence-corrected chi connectivity index (χ0v) is 14.1. The molecule has 1 amide bonds. The fraction of sp³-hybridized carbons (Fsp3) is 0.368. The molecule has 1 aromatic carbocycles. The molecular weight excluding hydrogens is 318 g/mol. The van der Waals surface area contributed by atoms with Crippen LogP contribution in [0.5, 0.6) is 5.75 Å². The first-order valence-electron chi connectivity index (χ1n) is 8.23. The minimum Gasteiger partial charge on any atom is -0.481 e. The first-order chi connectivity index (χ1) is 12.2. The molecule has 2 atom stereocenters. The third kappa shape index (κ3) is 4.40. The molecular formula is C19H21N3O3. The molecule has 6 heteroatoms. The van der Waals surface area contributed by atoms with Crippen molar-refractivity contribution in [3.63, 3.8) is 0 Å². The second-order valence-corrected chi connectivity index (χ2v) is 6.02. The largest absolute Gasteiger partial charge is 0.481 e. The van der Waals surface area contributed by atoms with Crippen LogP contribution in [0.25, 0.3) is 0 Å². The van der Waals surface area contributed by atoms with Crippen molar-refractivity contribution >= 4 is 5.91 Å². The highest BCUT2D eigenvalue weighted by Gasteiger charge is 2.26. The highest BCUT2D eigenvalue weighted by atomic mass is 16.5. The number of benzene rings is 1. The van der Waals surface area contributed by atoms with Crippen molar-refractivity contribution in [2.75, 3.05) is 13.2 Å². The van der Waals surface area contributed by atoms with E-state index in [1.165, 1.54) is 0 Å². The predicted octanol–water partition coefficient (Wildman–Crippen LogP) is 2.08. The second-order valence-electron chi connectivity index (χ2n) is 6.02. The van der Waals surface area contributed by atoms with Gasteiger partial charge in [0, 0.05) is 37.0 Å². The Morgan fingerprint density at radius 3 is 2.96 bits per heavy atom. The van der Waals surface area contributed by atoms with Gasteiger partial charge in [0.15, 0.2) is 0 Å². The van der Waals surface area contributed by atoms with Gasteiger partial charge in [0.1, 0.15) is 12.4 Å². The molecule has 2 heterocycles. The maximum absolute atomic E-state index is 12.4. The number of amides is 1. The van der Waals surface area contributed by atoms with Crippen molar-refractivity contribution < 1.29 is 14.3 Å². The summed E-state index contributed by atoms with van der Waals surface area (Å²) in [5.74, 6) is 2.96. The number of aromatic nitrogens is 2. The Balaban J connectivity index is 1.57. The standard InChI is InChI=1S/C19H21N3O3/c1-3-9-24-17-6-4-14(5-7-17)19(23)21-16-8-10-25-18(11-16)15-12-20-22(2)13-15/h1,4-7,12-13,16,18H,8-11H2,2H3,(H,21,23). The first kappa shape index (κ1) is 17.1. The zero-order valence-electron chi connectivity index (χ0n) is 14.1. The van der Waals surface area contributed by atoms with Crippen LogP contribution in [0.3, 0.4) is 0 Å². The molecule has 0 aliphatic carbocycles. The lowest BCUT2D eigenvalue weighted by molar-refractivity contribution is 0.000867. The molecule has 0 radical (unpaired) electrons. The van der Waals surface area contributed by atoms with Crippen molar-refractivity contribution in [3.8, 4) is 18.1 Å². The molecule has 6 nitrogen and oxygen atoms in total. The maximum atomic E-state index is 12.4. The molecule has 3 rings (SSSR count). The fourth-order valence-electron chi connectivity index (χ4n) is 2.86. The normalized spacial score (nSPS) is 19.8. The van der Waals surface area contributed by atoms with Gasteiger partial charge >= 0.3 is 0 Å². The summed E-state index contributed by atoms with van der Waals surface area (Å²) < 4.78 is 12.9. The number of aryl methyl sites for hydroxylation is 1. The Morgan fingerprint density at radius 1 is 1.48 bits per heavy atom. The molecule has 2 aromatic rings. The molecule has 0 spiro atoms. The van der Waals surface area contributed by atoms with E-state index in [0.29, 0.717) is 17.9 Å². The van der Waals surface area contributed by atoms with Crippen LogP contribution in [0, 0.1) is 12.3 Å². The highest BCUT2D eigenvalue weighted by Crippen LogP contribution is 2.27. The fourth-order valence-corrected chi connectivity index (χ4v) is 2.86. The third-order valence-electron chi connectivity index (χ3n) is 4.15. The summed E-state index contributed by atoms with van der Waals surface area (Å²) in [5, 5.41) is 7.27. The molecule has 25 heavy (non-hydrogen) atoms. The van der Waals surface area contributed by atoms with Gasteiger partial charge in [-0.2, -0.15) is 5.10 Å². The number of carbonyl (C=O) groups excluding carboxylic acids is 1. The smallest absolute Gasteiger partial charge is 0.251 e. The average Bonchev–Trinajstić information content (AvgIpc) is 3.07. The van der Waals surface area contributed by atoms with Gasteiger partial charge in [-0.15, -0.1) is 6.42 Å². The van der Waals surface area contributed by atoms with E-state index in [1.54, 1.807) is 28.9 Å². The lowest BCUT2D eigenvalue weighted by Crippen LogP contribution is -2.39. The Hall–Kier alpha value is -2.78. The Morgan fingerprint density at radius 2 is 2.28 bits per heavy atom. The zero-order chi connectivity index (χ0) is 17.6. The van der Waals surface area contributed by atoms with Crippen LogP contribution in [0.15, 0.2) is 36.7 Å². The lowest BCUT2D eigenvalue weighted by Gasteiger charge is -2.29. The number of nitrogens with zero attached hydrogens (tertiary/aromatic N) is 2. The van der Waals surface area contributed by atoms with E-state index >= 15 is 0 Å². The van der Waals surface area contributed by atoms with E-state index in [9.17, 15) is 4.79 Å². The van der Waals surface area contributed by atoms with E-state index in [1.807, 2.05) is 19.4 Å². The number of hydrogen-bond acceptors (Lipinski definition) is 4. The molecule has 130 valence electrons. The first-order valence-corrected chi connectivity index (χ1v) is 8.23. The number of ether oxygens (including phenoxy) is 2. The van der Waals surface area contributed by atoms with Gasteiger partial charge in [0.25, 0.3) is 5.91 Å². The van der Waals surface area contributed by atoms with Gasteiger partial charge < -0.3 is 14.8 Å². The molecule has 1 aliphatic rings. The molecule has 0 saturated carbocycles. The Bertz CT molecular complexity index is 761. The Kier molecular flexibility index (Phi) is 5.36. The van der Waals surface area contributed by atoms with Crippen molar-refractivity contribution in [2.24, 2.45) is 7.05 Å². The molecule has 0 bridgehead atoms. The SMILES string of the molecule is C#CCOc1ccc(C(=O)NC2CCOC(c3cnn(C)c3)C2)cc1. The number of carbonyl (C=O) groups is 1. The van der Waals surface area contributed by atoms with Crippen LogP contribution < -0.4 is 10.1 Å². The minimum atomic E-state index is -0.0969. The van der Waals surface area contributed by atoms with Gasteiger partial charge in [-0.1, -0.05) is 5.92 Å². The van der Waals surface area contributed by atoms with Gasteiger partial charge in [-0.05, 0) is 37.1 Å². The van der Waals surface area contributed by atoms with Crippen LogP contribution in [-0.2, 0) is 11.8 Å². The number of terminal acetylenes is 1. The van der Waals surface area contributed by atoms with Crippen LogP contribution in [-0.4, -0.2) is 34.9 Å². The van der Waals surface area contributed by atoms with Gasteiger partial charge in [0.2, 0.25) is 0 Å². The maximum Gasteiger partial charge on any atom is 0.251 e. The molecule has 1 N–H and O–H groups in total. The second kappa shape index (κ2) is 7.86. The highest BCUT2D eigenvalue weighted by molar-refractivity contribution is 5.94. The summed E-state index contributed by atoms with van der Waals surface area (Å²) in [5.41, 5.74) is 1.63. The summed E-state index contributed by atoms with van der Waals surface area (Å²) in [6, 6.07) is 7.03. The molecule has 1 aliphatic heterocycles. The number of hydrogen-bond donors (Lipinski definition) is 1. The summed E-state index contributed by atoms with van der Waals surface area (Å²) >= 11 is 0. The monoisotopic (exact) mass is 339 g/mol. The quantitative estimate of drug-likeness (QED) is 0.847. The summed E-state index contributed by atoms with van der Waals surface area (Å²) in [6.07, 6.45) is 10.4. The molecule has 1 aromatic heterocycles. The Labute approximate surface area is 147 Å². The van der Waals surface area contributed by atoms with Crippen molar-refractivity contribution in [2.45, 2.75) is 25.0 Å². The van der Waals surface area contributed by atoms with Crippen molar-refractivity contribution in [1.82, 2.24) is 15.1 Å². The lowest BCUT2D eigenvalue weighted by atomic mass is 9.99. The minimum absolute atomic E-state index is 0.0349. The van der Waals surface area contributed by atoms with Crippen LogP contribution in [0.4, 0.5) is 0 Å². The van der Waals surface area contributed by atoms with E-state index in [0.717, 1.165) is 18.4 Å². The van der Waals surface area contributed by atoms with Crippen molar-refractivity contribution in [1.29, 1.82) is 0 Å². The van der Waals surface area contributed by atoms with Gasteiger partial charge in [-0.3, -0.25) is 9.48 Å². The predicted molar refractivity (Wildman–Crippen MR) is 93.2 cm³/mol. The summed E-state index contributed by atoms with van der Waals surface area (Å²) in [4.78, 5) is 12.4. The van der Waals surface area contributed by atoms with Crippen molar-refractivity contribution in [3.05, 3.63) is 47.8 Å². The van der Waals surface area contributed by atoms with E-state index in [-0.39, 0.29) is 24.7 Å². The molecule has 1 fully saturated rings. The van der Waals surface area contributed by atoms with E-state index in [2.05, 4.69) is 16.3 Å². The van der Waals surface area contributed by atoms with Crippen LogP contribution in [0.1, 0.15) is 34.9 Å². The van der Waals surface area contributed by atoms with Crippen LogP contribution >= 0.6 is 0 Å². The summed E-state index contributed by atoms with van der Waals surface area (Å²) in [6.45, 7) is 0.826. The third-order valence-corrected chi connectivity index (χ3v) is 4.15. The summed E-state index contributed by atoms with van der Waals surface area (Å²) in [7, 11) is 1.88. The average molecular weight is 339 g/mol. The topological polar surface area (TPSA) is 65.4 Å². The number of rotatable bonds is 5. The van der Waals surface area contributed by atoms with E-state index < -0.39 is 0 Å². The van der Waals surface area contributed by atoms with Gasteiger partial charge in [-0.25, -0.2) is 0 Å². The van der Waals surface area contributed by atoms with Crippen LogP contribution in [0.2, 0.25) is 0 Å². The van der Waals surface area contributed by atoms with Gasteiger partial charge in [0.05, 0.1) is 12.3 Å².